The molecule has 0 spiro atoms. The molecule has 0 unspecified atom stereocenters. The molecule has 0 aliphatic carbocycles. The lowest BCUT2D eigenvalue weighted by atomic mass is 9.99. The van der Waals surface area contributed by atoms with Gasteiger partial charge in [0.15, 0.2) is 0 Å². The van der Waals surface area contributed by atoms with Crippen LogP contribution >= 0.6 is 11.6 Å². The molecule has 0 amide bonds. The number of nitrogens with zero attached hydrogens (tertiary/aromatic N) is 2. The number of carboxylic acids is 1. The van der Waals surface area contributed by atoms with Gasteiger partial charge in [0.1, 0.15) is 5.69 Å². The van der Waals surface area contributed by atoms with Gasteiger partial charge in [0.2, 0.25) is 10.0 Å². The number of aromatic carboxylic acids is 1. The van der Waals surface area contributed by atoms with Crippen molar-refractivity contribution >= 4 is 27.6 Å². The van der Waals surface area contributed by atoms with Crippen LogP contribution in [-0.2, 0) is 16.6 Å². The van der Waals surface area contributed by atoms with Crippen molar-refractivity contribution in [1.82, 2.24) is 9.78 Å². The van der Waals surface area contributed by atoms with Crippen molar-refractivity contribution in [3.05, 3.63) is 95.1 Å². The third kappa shape index (κ3) is 4.43. The quantitative estimate of drug-likeness (QED) is 0.468. The Balaban J connectivity index is 1.94. The molecule has 0 saturated heterocycles. The molecule has 162 valence electrons. The molecule has 2 N–H and O–H groups in total. The summed E-state index contributed by atoms with van der Waals surface area (Å²) < 4.78 is 24.6. The molecule has 1 aromatic heterocycles. The topological polar surface area (TPSA) is 118 Å². The van der Waals surface area contributed by atoms with Crippen LogP contribution in [0.2, 0.25) is 5.02 Å². The second-order valence-electron chi connectivity index (χ2n) is 7.08. The standard InChI is InChI=1S/C23H18ClN3O4S/c24-18-10-6-16(7-11-18)20-21(17-8-12-19(13-9-17)32(25,30)31)26-27(22(20)23(28)29)14-15-4-2-1-3-5-15/h1-13H,14H2,(H,28,29)(H2,25,30,31)/p-1. The van der Waals surface area contributed by atoms with E-state index in [1.54, 1.807) is 24.3 Å². The minimum atomic E-state index is -3.87. The van der Waals surface area contributed by atoms with Gasteiger partial charge in [-0.25, -0.2) is 13.6 Å². The second-order valence-corrected chi connectivity index (χ2v) is 9.08. The smallest absolute Gasteiger partial charge is 0.238 e. The van der Waals surface area contributed by atoms with Crippen LogP contribution in [-0.4, -0.2) is 24.2 Å². The molecule has 0 radical (unpaired) electrons. The number of rotatable bonds is 6. The van der Waals surface area contributed by atoms with Crippen molar-refractivity contribution in [2.75, 3.05) is 0 Å². The molecule has 32 heavy (non-hydrogen) atoms. The highest BCUT2D eigenvalue weighted by molar-refractivity contribution is 7.89. The number of carboxylic acid groups (broad SMARTS) is 1. The van der Waals surface area contributed by atoms with Crippen molar-refractivity contribution in [2.24, 2.45) is 5.14 Å². The number of carbonyl (C=O) groups excluding carboxylic acids is 1. The number of primary sulfonamides is 1. The van der Waals surface area contributed by atoms with Gasteiger partial charge >= 0.3 is 0 Å². The molecule has 0 aliphatic rings. The van der Waals surface area contributed by atoms with Crippen LogP contribution in [0.5, 0.6) is 0 Å². The molecular formula is C23H17ClN3O4S-. The predicted molar refractivity (Wildman–Crippen MR) is 119 cm³/mol. The number of nitrogens with two attached hydrogens (primary N) is 1. The van der Waals surface area contributed by atoms with E-state index >= 15 is 0 Å². The highest BCUT2D eigenvalue weighted by Gasteiger charge is 2.22. The number of halogens is 1. The monoisotopic (exact) mass is 466 g/mol. The van der Waals surface area contributed by atoms with E-state index in [4.69, 9.17) is 16.7 Å². The van der Waals surface area contributed by atoms with Crippen LogP contribution in [0.15, 0.2) is 83.8 Å². The molecule has 4 aromatic rings. The number of hydrogen-bond acceptors (Lipinski definition) is 5. The maximum absolute atomic E-state index is 12.2. The van der Waals surface area contributed by atoms with Crippen LogP contribution in [0, 0.1) is 0 Å². The van der Waals surface area contributed by atoms with E-state index in [1.165, 1.54) is 28.9 Å². The molecule has 1 heterocycles. The third-order valence-electron chi connectivity index (χ3n) is 4.91. The van der Waals surface area contributed by atoms with Crippen molar-refractivity contribution in [3.63, 3.8) is 0 Å². The van der Waals surface area contributed by atoms with Crippen LogP contribution in [0.25, 0.3) is 22.4 Å². The molecule has 0 atom stereocenters. The van der Waals surface area contributed by atoms with E-state index in [2.05, 4.69) is 5.10 Å². The Morgan fingerprint density at radius 2 is 1.53 bits per heavy atom. The molecule has 3 aromatic carbocycles. The van der Waals surface area contributed by atoms with Crippen LogP contribution < -0.4 is 10.2 Å². The van der Waals surface area contributed by atoms with Gasteiger partial charge in [-0.2, -0.15) is 5.10 Å². The zero-order valence-corrected chi connectivity index (χ0v) is 18.2. The Labute approximate surface area is 189 Å². The number of benzene rings is 3. The molecule has 7 nitrogen and oxygen atoms in total. The molecule has 0 bridgehead atoms. The summed E-state index contributed by atoms with van der Waals surface area (Å²) in [5.74, 6) is -1.38. The zero-order valence-electron chi connectivity index (χ0n) is 16.6. The van der Waals surface area contributed by atoms with Crippen LogP contribution in [0.4, 0.5) is 0 Å². The maximum atomic E-state index is 12.2. The molecule has 0 aliphatic heterocycles. The average Bonchev–Trinajstić information content (AvgIpc) is 3.14. The van der Waals surface area contributed by atoms with Crippen molar-refractivity contribution in [2.45, 2.75) is 11.4 Å². The van der Waals surface area contributed by atoms with Gasteiger partial charge < -0.3 is 9.90 Å². The highest BCUT2D eigenvalue weighted by atomic mass is 35.5. The predicted octanol–water partition coefficient (Wildman–Crippen LogP) is 2.93. The van der Waals surface area contributed by atoms with Gasteiger partial charge in [-0.15, -0.1) is 0 Å². The molecular weight excluding hydrogens is 450 g/mol. The first-order valence-electron chi connectivity index (χ1n) is 9.49. The summed E-state index contributed by atoms with van der Waals surface area (Å²) in [6.45, 7) is 0.208. The summed E-state index contributed by atoms with van der Waals surface area (Å²) >= 11 is 6.01. The van der Waals surface area contributed by atoms with E-state index < -0.39 is 16.0 Å². The van der Waals surface area contributed by atoms with Crippen LogP contribution in [0.1, 0.15) is 16.1 Å². The average molecular weight is 467 g/mol. The fourth-order valence-corrected chi connectivity index (χ4v) is 4.08. The first kappa shape index (κ1) is 21.8. The Morgan fingerprint density at radius 1 is 0.938 bits per heavy atom. The first-order valence-corrected chi connectivity index (χ1v) is 11.4. The van der Waals surface area contributed by atoms with E-state index in [-0.39, 0.29) is 17.1 Å². The van der Waals surface area contributed by atoms with E-state index in [0.717, 1.165) is 5.56 Å². The largest absolute Gasteiger partial charge is 0.543 e. The van der Waals surface area contributed by atoms with E-state index in [1.807, 2.05) is 30.3 Å². The fraction of sp³-hybridized carbons (Fsp3) is 0.0435. The summed E-state index contributed by atoms with van der Waals surface area (Å²) in [6, 6.07) is 21.8. The van der Waals surface area contributed by atoms with Crippen LogP contribution in [0.3, 0.4) is 0 Å². The summed E-state index contributed by atoms with van der Waals surface area (Å²) in [6.07, 6.45) is 0. The van der Waals surface area contributed by atoms with Crippen molar-refractivity contribution < 1.29 is 18.3 Å². The lowest BCUT2D eigenvalue weighted by Gasteiger charge is -2.11. The summed E-state index contributed by atoms with van der Waals surface area (Å²) in [5.41, 5.74) is 2.58. The molecule has 9 heteroatoms. The summed E-state index contributed by atoms with van der Waals surface area (Å²) in [7, 11) is -3.87. The SMILES string of the molecule is NS(=O)(=O)c1ccc(-c2nn(Cc3ccccc3)c(C(=O)[O-])c2-c2ccc(Cl)cc2)cc1. The van der Waals surface area contributed by atoms with Gasteiger partial charge in [0.05, 0.1) is 23.1 Å². The van der Waals surface area contributed by atoms with E-state index in [0.29, 0.717) is 27.4 Å². The van der Waals surface area contributed by atoms with Crippen molar-refractivity contribution in [1.29, 1.82) is 0 Å². The van der Waals surface area contributed by atoms with Gasteiger partial charge in [0, 0.05) is 16.1 Å². The maximum Gasteiger partial charge on any atom is 0.238 e. The minimum Gasteiger partial charge on any atom is -0.543 e. The second kappa shape index (κ2) is 8.58. The Morgan fingerprint density at radius 3 is 2.09 bits per heavy atom. The van der Waals surface area contributed by atoms with Gasteiger partial charge in [-0.05, 0) is 35.4 Å². The molecule has 0 saturated carbocycles. The molecule has 4 rings (SSSR count). The Kier molecular flexibility index (Phi) is 5.84. The minimum absolute atomic E-state index is 0.0573. The Hall–Kier alpha value is -3.46. The first-order chi connectivity index (χ1) is 15.2. The third-order valence-corrected chi connectivity index (χ3v) is 6.09. The van der Waals surface area contributed by atoms with Gasteiger partial charge in [-0.1, -0.05) is 66.2 Å². The summed E-state index contributed by atoms with van der Waals surface area (Å²) in [4.78, 5) is 12.2. The lowest BCUT2D eigenvalue weighted by Crippen LogP contribution is -2.27. The molecule has 0 fully saturated rings. The fourth-order valence-electron chi connectivity index (χ4n) is 3.43. The number of sulfonamides is 1. The zero-order chi connectivity index (χ0) is 22.9. The Bertz CT molecular complexity index is 1380. The summed E-state index contributed by atoms with van der Waals surface area (Å²) in [5, 5.41) is 22.5. The number of aromatic nitrogens is 2. The highest BCUT2D eigenvalue weighted by Crippen LogP contribution is 2.35. The number of hydrogen-bond donors (Lipinski definition) is 1. The lowest BCUT2D eigenvalue weighted by molar-refractivity contribution is -0.255. The number of carbonyl (C=O) groups is 1. The van der Waals surface area contributed by atoms with Crippen molar-refractivity contribution in [3.8, 4) is 22.4 Å². The van der Waals surface area contributed by atoms with Gasteiger partial charge in [-0.3, -0.25) is 4.68 Å². The normalized spacial score (nSPS) is 11.4. The van der Waals surface area contributed by atoms with Gasteiger partial charge in [0.25, 0.3) is 0 Å². The van der Waals surface area contributed by atoms with E-state index in [9.17, 15) is 18.3 Å².